The molecule has 4 aliphatic rings. The molecule has 2 amide bonds. The van der Waals surface area contributed by atoms with Gasteiger partial charge in [0, 0.05) is 48.4 Å². The first-order chi connectivity index (χ1) is 21.6. The number of carbonyl (C=O) groups excluding carboxylic acids is 2. The fourth-order valence-corrected chi connectivity index (χ4v) is 6.39. The highest BCUT2D eigenvalue weighted by Crippen LogP contribution is 2.37. The standard InChI is InChI=1S/C34H30N4O6/c39-33-25-7-3-1-5-23(25)31(35-17-21-9-11-27-29(15-21)43-19-41-27)37(33)13-14-38-32(24-6-2-4-8-26(24)34(38)40)36-18-22-10-12-28-30(16-22)44-20-42-28/h1-12,15-16,31-32,35-36H,13-14,17-20H2/t31-,32+. The van der Waals surface area contributed by atoms with Crippen molar-refractivity contribution in [2.24, 2.45) is 0 Å². The Balaban J connectivity index is 1.01. The molecule has 44 heavy (non-hydrogen) atoms. The van der Waals surface area contributed by atoms with E-state index in [4.69, 9.17) is 18.9 Å². The minimum Gasteiger partial charge on any atom is -0.454 e. The lowest BCUT2D eigenvalue weighted by atomic mass is 10.1. The number of fused-ring (bicyclic) bond motifs is 4. The van der Waals surface area contributed by atoms with Gasteiger partial charge in [-0.05, 0) is 47.5 Å². The maximum Gasteiger partial charge on any atom is 0.255 e. The molecule has 0 saturated heterocycles. The van der Waals surface area contributed by atoms with E-state index in [2.05, 4.69) is 10.6 Å². The second kappa shape index (κ2) is 10.9. The molecule has 2 N–H and O–H groups in total. The van der Waals surface area contributed by atoms with Gasteiger partial charge in [-0.3, -0.25) is 20.2 Å². The van der Waals surface area contributed by atoms with Gasteiger partial charge in [-0.25, -0.2) is 0 Å². The molecule has 4 aromatic carbocycles. The van der Waals surface area contributed by atoms with Gasteiger partial charge >= 0.3 is 0 Å². The molecule has 0 radical (unpaired) electrons. The normalized spacial score (nSPS) is 19.1. The Morgan fingerprint density at radius 3 is 1.48 bits per heavy atom. The Labute approximate surface area is 254 Å². The Morgan fingerprint density at radius 1 is 0.568 bits per heavy atom. The zero-order chi connectivity index (χ0) is 29.6. The molecule has 4 aliphatic heterocycles. The van der Waals surface area contributed by atoms with Crippen LogP contribution in [0, 0.1) is 0 Å². The molecule has 0 spiro atoms. The van der Waals surface area contributed by atoms with Crippen molar-refractivity contribution in [2.45, 2.75) is 25.4 Å². The van der Waals surface area contributed by atoms with Crippen molar-refractivity contribution in [1.82, 2.24) is 20.4 Å². The lowest BCUT2D eigenvalue weighted by Gasteiger charge is -2.31. The quantitative estimate of drug-likeness (QED) is 0.297. The van der Waals surface area contributed by atoms with Crippen LogP contribution in [0.3, 0.4) is 0 Å². The fraction of sp³-hybridized carbons (Fsp3) is 0.235. The van der Waals surface area contributed by atoms with E-state index >= 15 is 0 Å². The van der Waals surface area contributed by atoms with E-state index in [0.717, 1.165) is 45.3 Å². The maximum absolute atomic E-state index is 13.7. The molecule has 4 heterocycles. The van der Waals surface area contributed by atoms with Gasteiger partial charge in [-0.15, -0.1) is 0 Å². The number of nitrogens with zero attached hydrogens (tertiary/aromatic N) is 2. The lowest BCUT2D eigenvalue weighted by molar-refractivity contribution is 0.0560. The Kier molecular flexibility index (Phi) is 6.58. The van der Waals surface area contributed by atoms with Crippen molar-refractivity contribution in [3.05, 3.63) is 118 Å². The first kappa shape index (κ1) is 26.6. The Morgan fingerprint density at radius 2 is 1.00 bits per heavy atom. The summed E-state index contributed by atoms with van der Waals surface area (Å²) in [5.74, 6) is 2.78. The zero-order valence-corrected chi connectivity index (χ0v) is 23.8. The molecular weight excluding hydrogens is 560 g/mol. The van der Waals surface area contributed by atoms with Crippen LogP contribution in [0.25, 0.3) is 0 Å². The highest BCUT2D eigenvalue weighted by Gasteiger charge is 2.40. The third-order valence-electron chi connectivity index (χ3n) is 8.57. The summed E-state index contributed by atoms with van der Waals surface area (Å²) in [6.07, 6.45) is -0.687. The lowest BCUT2D eigenvalue weighted by Crippen LogP contribution is -2.44. The number of carbonyl (C=O) groups is 2. The topological polar surface area (TPSA) is 102 Å². The number of hydrogen-bond donors (Lipinski definition) is 2. The molecule has 4 aromatic rings. The molecule has 10 nitrogen and oxygen atoms in total. The average molecular weight is 591 g/mol. The minimum atomic E-state index is -0.343. The van der Waals surface area contributed by atoms with Crippen LogP contribution < -0.4 is 29.6 Å². The Bertz CT molecular complexity index is 1650. The van der Waals surface area contributed by atoms with E-state index in [1.807, 2.05) is 94.7 Å². The summed E-state index contributed by atoms with van der Waals surface area (Å²) in [6.45, 7) is 2.19. The van der Waals surface area contributed by atoms with E-state index in [9.17, 15) is 9.59 Å². The third-order valence-corrected chi connectivity index (χ3v) is 8.57. The SMILES string of the molecule is O=C1c2ccccc2[C@@H](NCc2ccc3c(c2)OCO3)N1CCN1C(=O)c2ccccc2[C@@H]1NCc1ccc2c(c1)OCO2. The summed E-state index contributed by atoms with van der Waals surface area (Å²) in [4.78, 5) is 31.0. The molecule has 2 atom stereocenters. The molecule has 0 bridgehead atoms. The molecule has 0 aromatic heterocycles. The van der Waals surface area contributed by atoms with Crippen LogP contribution in [0.2, 0.25) is 0 Å². The summed E-state index contributed by atoms with van der Waals surface area (Å²) >= 11 is 0. The van der Waals surface area contributed by atoms with Gasteiger partial charge in [0.15, 0.2) is 23.0 Å². The van der Waals surface area contributed by atoms with Gasteiger partial charge in [0.2, 0.25) is 13.6 Å². The van der Waals surface area contributed by atoms with Crippen molar-refractivity contribution in [3.8, 4) is 23.0 Å². The first-order valence-electron chi connectivity index (χ1n) is 14.7. The molecule has 0 unspecified atom stereocenters. The number of rotatable bonds is 9. The van der Waals surface area contributed by atoms with E-state index in [1.165, 1.54) is 0 Å². The van der Waals surface area contributed by atoms with E-state index in [1.54, 1.807) is 0 Å². The van der Waals surface area contributed by atoms with Crippen molar-refractivity contribution in [1.29, 1.82) is 0 Å². The average Bonchev–Trinajstić information content (AvgIpc) is 3.83. The van der Waals surface area contributed by atoms with Crippen LogP contribution in [0.5, 0.6) is 23.0 Å². The zero-order valence-electron chi connectivity index (χ0n) is 23.8. The van der Waals surface area contributed by atoms with Gasteiger partial charge in [-0.2, -0.15) is 0 Å². The van der Waals surface area contributed by atoms with Gasteiger partial charge < -0.3 is 28.7 Å². The van der Waals surface area contributed by atoms with Gasteiger partial charge in [0.05, 0.1) is 0 Å². The molecular formula is C34H30N4O6. The molecule has 222 valence electrons. The molecule has 8 rings (SSSR count). The second-order valence-electron chi connectivity index (χ2n) is 11.1. The predicted octanol–water partition coefficient (Wildman–Crippen LogP) is 4.33. The summed E-state index contributed by atoms with van der Waals surface area (Å²) < 4.78 is 22.0. The Hall–Kier alpha value is -5.06. The summed E-state index contributed by atoms with van der Waals surface area (Å²) in [7, 11) is 0. The van der Waals surface area contributed by atoms with Crippen molar-refractivity contribution in [2.75, 3.05) is 26.7 Å². The number of ether oxygens (including phenoxy) is 4. The van der Waals surface area contributed by atoms with Crippen LogP contribution in [-0.2, 0) is 13.1 Å². The monoisotopic (exact) mass is 590 g/mol. The number of amides is 2. The van der Waals surface area contributed by atoms with E-state index in [0.29, 0.717) is 37.3 Å². The largest absolute Gasteiger partial charge is 0.454 e. The van der Waals surface area contributed by atoms with E-state index < -0.39 is 0 Å². The van der Waals surface area contributed by atoms with Gasteiger partial charge in [-0.1, -0.05) is 48.5 Å². The van der Waals surface area contributed by atoms with Crippen LogP contribution in [-0.4, -0.2) is 48.3 Å². The van der Waals surface area contributed by atoms with Crippen molar-refractivity contribution in [3.63, 3.8) is 0 Å². The third kappa shape index (κ3) is 4.59. The summed E-state index contributed by atoms with van der Waals surface area (Å²) in [5.41, 5.74) is 5.22. The number of benzene rings is 4. The maximum atomic E-state index is 13.7. The minimum absolute atomic E-state index is 0.0576. The van der Waals surface area contributed by atoms with Gasteiger partial charge in [0.1, 0.15) is 12.3 Å². The summed E-state index contributed by atoms with van der Waals surface area (Å²) in [6, 6.07) is 27.0. The van der Waals surface area contributed by atoms with Gasteiger partial charge in [0.25, 0.3) is 11.8 Å². The molecule has 0 fully saturated rings. The second-order valence-corrected chi connectivity index (χ2v) is 11.1. The highest BCUT2D eigenvalue weighted by atomic mass is 16.7. The van der Waals surface area contributed by atoms with Crippen molar-refractivity contribution >= 4 is 11.8 Å². The van der Waals surface area contributed by atoms with E-state index in [-0.39, 0.29) is 37.7 Å². The van der Waals surface area contributed by atoms with Crippen molar-refractivity contribution < 1.29 is 28.5 Å². The van der Waals surface area contributed by atoms with Crippen LogP contribution in [0.15, 0.2) is 84.9 Å². The number of nitrogens with one attached hydrogen (secondary N) is 2. The fourth-order valence-electron chi connectivity index (χ4n) is 6.39. The smallest absolute Gasteiger partial charge is 0.255 e. The molecule has 10 heteroatoms. The van der Waals surface area contributed by atoms with Crippen LogP contribution in [0.4, 0.5) is 0 Å². The highest BCUT2D eigenvalue weighted by molar-refractivity contribution is 6.00. The molecule has 0 aliphatic carbocycles. The first-order valence-corrected chi connectivity index (χ1v) is 14.7. The summed E-state index contributed by atoms with van der Waals surface area (Å²) in [5, 5.41) is 7.15. The van der Waals surface area contributed by atoms with Crippen LogP contribution in [0.1, 0.15) is 55.3 Å². The molecule has 0 saturated carbocycles. The predicted molar refractivity (Wildman–Crippen MR) is 159 cm³/mol. The van der Waals surface area contributed by atoms with Crippen LogP contribution >= 0.6 is 0 Å². The number of hydrogen-bond acceptors (Lipinski definition) is 8.